The standard InChI is InChI=1S/C20H25F3N6O3S/c1-6-17-26-13-10-25-16(9-14(13)29(17)12(2)20(21,22)23)27-15-7-8-24-18(28-15)32-11-19(3,4)33(5,30)31/h7-10,12H,6,11H2,1-5H3,(H,24,25,27,28)/t12-/m0/s1. The van der Waals surface area contributed by atoms with Gasteiger partial charge in [-0.3, -0.25) is 0 Å². The van der Waals surface area contributed by atoms with Gasteiger partial charge in [0, 0.05) is 24.9 Å². The van der Waals surface area contributed by atoms with Gasteiger partial charge in [0.15, 0.2) is 9.84 Å². The number of ether oxygens (including phenoxy) is 1. The second-order valence-electron chi connectivity index (χ2n) is 8.20. The molecule has 0 radical (unpaired) electrons. The average Bonchev–Trinajstić information content (AvgIpc) is 3.08. The number of pyridine rings is 1. The predicted molar refractivity (Wildman–Crippen MR) is 117 cm³/mol. The number of hydrogen-bond acceptors (Lipinski definition) is 8. The van der Waals surface area contributed by atoms with E-state index in [-0.39, 0.29) is 29.8 Å². The summed E-state index contributed by atoms with van der Waals surface area (Å²) in [6.07, 6.45) is -0.196. The van der Waals surface area contributed by atoms with Crippen molar-refractivity contribution in [1.82, 2.24) is 24.5 Å². The Morgan fingerprint density at radius 3 is 2.48 bits per heavy atom. The molecule has 0 amide bonds. The minimum atomic E-state index is -4.44. The van der Waals surface area contributed by atoms with Gasteiger partial charge < -0.3 is 14.6 Å². The molecule has 3 aromatic rings. The van der Waals surface area contributed by atoms with Crippen LogP contribution in [0.1, 0.15) is 39.6 Å². The Morgan fingerprint density at radius 2 is 1.88 bits per heavy atom. The van der Waals surface area contributed by atoms with Crippen LogP contribution >= 0.6 is 0 Å². The van der Waals surface area contributed by atoms with Crippen LogP contribution in [-0.4, -0.2) is 56.7 Å². The summed E-state index contributed by atoms with van der Waals surface area (Å²) in [6, 6.07) is 1.18. The van der Waals surface area contributed by atoms with E-state index < -0.39 is 26.8 Å². The smallest absolute Gasteiger partial charge is 0.408 e. The van der Waals surface area contributed by atoms with E-state index in [1.807, 2.05) is 0 Å². The quantitative estimate of drug-likeness (QED) is 0.511. The van der Waals surface area contributed by atoms with Gasteiger partial charge in [0.25, 0.3) is 0 Å². The Balaban J connectivity index is 1.87. The highest BCUT2D eigenvalue weighted by atomic mass is 32.2. The van der Waals surface area contributed by atoms with E-state index in [1.165, 1.54) is 38.4 Å². The van der Waals surface area contributed by atoms with Gasteiger partial charge in [-0.25, -0.2) is 23.4 Å². The van der Waals surface area contributed by atoms with Gasteiger partial charge in [0.1, 0.15) is 40.4 Å². The Labute approximate surface area is 189 Å². The second kappa shape index (κ2) is 8.76. The summed E-state index contributed by atoms with van der Waals surface area (Å²) in [5, 5.41) is 2.91. The number of nitrogens with one attached hydrogen (secondary N) is 1. The van der Waals surface area contributed by atoms with Crippen molar-refractivity contribution >= 4 is 32.5 Å². The Morgan fingerprint density at radius 1 is 1.18 bits per heavy atom. The molecule has 3 rings (SSSR count). The molecule has 0 fully saturated rings. The molecule has 0 aliphatic carbocycles. The van der Waals surface area contributed by atoms with Gasteiger partial charge >= 0.3 is 12.2 Å². The fourth-order valence-electron chi connectivity index (χ4n) is 2.90. The molecular formula is C20H25F3N6O3S. The van der Waals surface area contributed by atoms with Crippen molar-refractivity contribution < 1.29 is 26.3 Å². The highest BCUT2D eigenvalue weighted by Crippen LogP contribution is 2.34. The van der Waals surface area contributed by atoms with Crippen LogP contribution in [0.25, 0.3) is 11.0 Å². The molecule has 9 nitrogen and oxygen atoms in total. The van der Waals surface area contributed by atoms with Gasteiger partial charge in [-0.1, -0.05) is 6.92 Å². The molecule has 3 aromatic heterocycles. The molecule has 13 heteroatoms. The van der Waals surface area contributed by atoms with Crippen LogP contribution in [0.15, 0.2) is 24.5 Å². The lowest BCUT2D eigenvalue weighted by Gasteiger charge is -2.21. The largest absolute Gasteiger partial charge is 0.462 e. The fraction of sp³-hybridized carbons (Fsp3) is 0.500. The van der Waals surface area contributed by atoms with Gasteiger partial charge in [-0.05, 0) is 26.8 Å². The van der Waals surface area contributed by atoms with Crippen LogP contribution in [0.4, 0.5) is 24.8 Å². The molecule has 3 heterocycles. The van der Waals surface area contributed by atoms with Gasteiger partial charge in [-0.15, -0.1) is 0 Å². The van der Waals surface area contributed by atoms with Crippen LogP contribution in [0.5, 0.6) is 6.01 Å². The van der Waals surface area contributed by atoms with Crippen molar-refractivity contribution in [3.05, 3.63) is 30.4 Å². The Bertz CT molecular complexity index is 1260. The molecular weight excluding hydrogens is 461 g/mol. The molecule has 0 aromatic carbocycles. The number of aromatic nitrogens is 5. The summed E-state index contributed by atoms with van der Waals surface area (Å²) in [7, 11) is -3.37. The third-order valence-electron chi connectivity index (χ3n) is 5.27. The zero-order chi connectivity index (χ0) is 24.6. The van der Waals surface area contributed by atoms with Crippen molar-refractivity contribution in [3.8, 4) is 6.01 Å². The summed E-state index contributed by atoms with van der Waals surface area (Å²) in [5.41, 5.74) is 0.637. The first-order valence-corrected chi connectivity index (χ1v) is 12.0. The monoisotopic (exact) mass is 486 g/mol. The molecule has 0 bridgehead atoms. The number of imidazole rings is 1. The number of rotatable bonds is 8. The number of hydrogen-bond donors (Lipinski definition) is 1. The summed E-state index contributed by atoms with van der Waals surface area (Å²) in [6.45, 7) is 5.72. The van der Waals surface area contributed by atoms with E-state index in [1.54, 1.807) is 6.92 Å². The number of nitrogens with zero attached hydrogens (tertiary/aromatic N) is 5. The molecule has 180 valence electrons. The van der Waals surface area contributed by atoms with E-state index in [0.717, 1.165) is 17.7 Å². The highest BCUT2D eigenvalue weighted by molar-refractivity contribution is 7.92. The van der Waals surface area contributed by atoms with Crippen LogP contribution in [0.3, 0.4) is 0 Å². The zero-order valence-corrected chi connectivity index (χ0v) is 19.6. The van der Waals surface area contributed by atoms with E-state index in [9.17, 15) is 21.6 Å². The Hall–Kier alpha value is -2.96. The maximum atomic E-state index is 13.4. The topological polar surface area (TPSA) is 112 Å². The van der Waals surface area contributed by atoms with E-state index in [2.05, 4.69) is 25.3 Å². The van der Waals surface area contributed by atoms with Crippen LogP contribution in [-0.2, 0) is 16.3 Å². The first kappa shape index (κ1) is 24.7. The molecule has 1 atom stereocenters. The van der Waals surface area contributed by atoms with Gasteiger partial charge in [0.05, 0.1) is 11.7 Å². The summed E-state index contributed by atoms with van der Waals surface area (Å²) >= 11 is 0. The zero-order valence-electron chi connectivity index (χ0n) is 18.8. The van der Waals surface area contributed by atoms with Crippen molar-refractivity contribution in [1.29, 1.82) is 0 Å². The van der Waals surface area contributed by atoms with Crippen molar-refractivity contribution in [2.75, 3.05) is 18.2 Å². The van der Waals surface area contributed by atoms with E-state index >= 15 is 0 Å². The lowest BCUT2D eigenvalue weighted by atomic mass is 10.2. The molecule has 0 unspecified atom stereocenters. The molecule has 0 aliphatic rings. The first-order chi connectivity index (χ1) is 15.2. The number of aryl methyl sites for hydroxylation is 1. The third-order valence-corrected chi connectivity index (χ3v) is 7.39. The number of fused-ring (bicyclic) bond motifs is 1. The van der Waals surface area contributed by atoms with Gasteiger partial charge in [0.2, 0.25) is 0 Å². The lowest BCUT2D eigenvalue weighted by molar-refractivity contribution is -0.162. The second-order valence-corrected chi connectivity index (χ2v) is 10.8. The fourth-order valence-corrected chi connectivity index (χ4v) is 3.17. The van der Waals surface area contributed by atoms with Crippen LogP contribution in [0, 0.1) is 0 Å². The maximum Gasteiger partial charge on any atom is 0.408 e. The number of alkyl halides is 3. The minimum Gasteiger partial charge on any atom is -0.462 e. The number of sulfone groups is 1. The maximum absolute atomic E-state index is 13.4. The highest BCUT2D eigenvalue weighted by Gasteiger charge is 2.39. The molecule has 33 heavy (non-hydrogen) atoms. The van der Waals surface area contributed by atoms with Crippen LogP contribution in [0.2, 0.25) is 0 Å². The molecule has 0 spiro atoms. The summed E-state index contributed by atoms with van der Waals surface area (Å²) < 4.78 is 69.4. The lowest BCUT2D eigenvalue weighted by Crippen LogP contribution is -2.37. The third kappa shape index (κ3) is 5.34. The van der Waals surface area contributed by atoms with Crippen molar-refractivity contribution in [2.45, 2.75) is 51.1 Å². The molecule has 0 saturated carbocycles. The number of halogens is 3. The average molecular weight is 487 g/mol. The molecule has 0 saturated heterocycles. The van der Waals surface area contributed by atoms with E-state index in [4.69, 9.17) is 4.74 Å². The van der Waals surface area contributed by atoms with Crippen LogP contribution < -0.4 is 10.1 Å². The van der Waals surface area contributed by atoms with Gasteiger partial charge in [-0.2, -0.15) is 18.2 Å². The van der Waals surface area contributed by atoms with Crippen molar-refractivity contribution in [3.63, 3.8) is 0 Å². The van der Waals surface area contributed by atoms with Crippen molar-refractivity contribution in [2.24, 2.45) is 0 Å². The normalized spacial score (nSPS) is 13.8. The minimum absolute atomic E-state index is 0.0539. The predicted octanol–water partition coefficient (Wildman–Crippen LogP) is 3.85. The van der Waals surface area contributed by atoms with E-state index in [0.29, 0.717) is 17.8 Å². The summed E-state index contributed by atoms with van der Waals surface area (Å²) in [4.78, 5) is 16.6. The first-order valence-electron chi connectivity index (χ1n) is 10.1. The number of anilines is 2. The molecule has 0 aliphatic heterocycles. The Kier molecular flexibility index (Phi) is 6.55. The molecule has 1 N–H and O–H groups in total. The summed E-state index contributed by atoms with van der Waals surface area (Å²) in [5.74, 6) is 0.830. The SMILES string of the molecule is CCc1nc2cnc(Nc3ccnc(OCC(C)(C)S(C)(=O)=O)n3)cc2n1[C@@H](C)C(F)(F)F.